The van der Waals surface area contributed by atoms with Crippen molar-refractivity contribution < 1.29 is 17.9 Å². The van der Waals surface area contributed by atoms with Crippen molar-refractivity contribution in [1.82, 2.24) is 10.0 Å². The van der Waals surface area contributed by atoms with Gasteiger partial charge in [0.05, 0.1) is 17.5 Å². The quantitative estimate of drug-likeness (QED) is 0.202. The van der Waals surface area contributed by atoms with Gasteiger partial charge in [0.1, 0.15) is 5.54 Å². The third-order valence-electron chi connectivity index (χ3n) is 6.73. The van der Waals surface area contributed by atoms with Crippen LogP contribution in [0.4, 0.5) is 0 Å². The summed E-state index contributed by atoms with van der Waals surface area (Å²) in [5, 5.41) is 3.75. The maximum absolute atomic E-state index is 14.1. The number of aryl methyl sites for hydroxylation is 1. The van der Waals surface area contributed by atoms with Crippen LogP contribution in [0, 0.1) is 6.92 Å². The van der Waals surface area contributed by atoms with E-state index in [2.05, 4.69) is 10.0 Å². The Labute approximate surface area is 241 Å². The zero-order chi connectivity index (χ0) is 28.6. The number of hydrogen-bond acceptors (Lipinski definition) is 5. The summed E-state index contributed by atoms with van der Waals surface area (Å²) in [5.74, 6) is -0.591. The first-order valence-electron chi connectivity index (χ1n) is 13.1. The number of sulfonamides is 1. The third-order valence-corrected chi connectivity index (χ3v) is 8.51. The van der Waals surface area contributed by atoms with Crippen LogP contribution in [-0.4, -0.2) is 26.5 Å². The number of carbonyl (C=O) groups excluding carboxylic acids is 1. The molecule has 0 aromatic heterocycles. The molecule has 2 unspecified atom stereocenters. The predicted octanol–water partition coefficient (Wildman–Crippen LogP) is 6.00. The second-order valence-corrected chi connectivity index (χ2v) is 11.7. The lowest BCUT2D eigenvalue weighted by atomic mass is 9.80. The van der Waals surface area contributed by atoms with Gasteiger partial charge in [-0.05, 0) is 48.7 Å². The minimum Gasteiger partial charge on any atom is -0.465 e. The summed E-state index contributed by atoms with van der Waals surface area (Å²) in [6.07, 6.45) is 0.131. The largest absolute Gasteiger partial charge is 0.465 e. The maximum Gasteiger partial charge on any atom is 0.328 e. The molecule has 0 amide bonds. The van der Waals surface area contributed by atoms with Gasteiger partial charge in [-0.25, -0.2) is 17.9 Å². The van der Waals surface area contributed by atoms with Crippen LogP contribution in [0.15, 0.2) is 114 Å². The number of benzene rings is 4. The monoisotopic (exact) mass is 576 g/mol. The van der Waals surface area contributed by atoms with E-state index in [0.29, 0.717) is 10.6 Å². The van der Waals surface area contributed by atoms with Gasteiger partial charge in [0.2, 0.25) is 10.0 Å². The summed E-state index contributed by atoms with van der Waals surface area (Å²) in [7, 11) is -4.10. The van der Waals surface area contributed by atoms with Crippen LogP contribution in [0.1, 0.15) is 35.2 Å². The number of nitrogens with one attached hydrogen (secondary N) is 2. The first kappa shape index (κ1) is 29.5. The molecule has 0 heterocycles. The van der Waals surface area contributed by atoms with E-state index in [1.54, 1.807) is 55.5 Å². The van der Waals surface area contributed by atoms with E-state index in [1.165, 1.54) is 0 Å². The van der Waals surface area contributed by atoms with Gasteiger partial charge >= 0.3 is 5.97 Å². The highest BCUT2D eigenvalue weighted by Crippen LogP contribution is 2.36. The maximum atomic E-state index is 14.1. The van der Waals surface area contributed by atoms with Crippen LogP contribution < -0.4 is 10.0 Å². The Morgan fingerprint density at radius 3 is 2.02 bits per heavy atom. The lowest BCUT2D eigenvalue weighted by Crippen LogP contribution is -2.62. The number of esters is 1. The molecule has 0 saturated heterocycles. The number of ether oxygens (including phenoxy) is 1. The molecule has 0 spiro atoms. The fourth-order valence-electron chi connectivity index (χ4n) is 4.64. The molecule has 6 nitrogen and oxygen atoms in total. The van der Waals surface area contributed by atoms with Crippen molar-refractivity contribution in [2.24, 2.45) is 0 Å². The van der Waals surface area contributed by atoms with Gasteiger partial charge < -0.3 is 4.74 Å². The molecule has 4 aromatic rings. The van der Waals surface area contributed by atoms with Crippen LogP contribution in [0.2, 0.25) is 5.02 Å². The Balaban J connectivity index is 1.92. The highest BCUT2D eigenvalue weighted by Gasteiger charge is 2.50. The lowest BCUT2D eigenvalue weighted by Gasteiger charge is -2.40. The van der Waals surface area contributed by atoms with E-state index >= 15 is 0 Å². The van der Waals surface area contributed by atoms with Gasteiger partial charge in [-0.1, -0.05) is 108 Å². The zero-order valence-corrected chi connectivity index (χ0v) is 24.1. The zero-order valence-electron chi connectivity index (χ0n) is 22.5. The topological polar surface area (TPSA) is 84.5 Å². The van der Waals surface area contributed by atoms with Crippen LogP contribution >= 0.6 is 11.6 Å². The number of hydrogen-bond donors (Lipinski definition) is 2. The molecule has 0 fully saturated rings. The molecule has 208 valence electrons. The average Bonchev–Trinajstić information content (AvgIpc) is 2.96. The van der Waals surface area contributed by atoms with E-state index < -0.39 is 27.6 Å². The van der Waals surface area contributed by atoms with Crippen molar-refractivity contribution in [3.63, 3.8) is 0 Å². The van der Waals surface area contributed by atoms with Crippen molar-refractivity contribution >= 4 is 27.6 Å². The van der Waals surface area contributed by atoms with Crippen LogP contribution in [0.3, 0.4) is 0 Å². The molecule has 40 heavy (non-hydrogen) atoms. The molecular weight excluding hydrogens is 544 g/mol. The Bertz CT molecular complexity index is 1510. The molecule has 2 N–H and O–H groups in total. The summed E-state index contributed by atoms with van der Waals surface area (Å²) in [6, 6.07) is 31.4. The predicted molar refractivity (Wildman–Crippen MR) is 158 cm³/mol. The molecule has 0 saturated carbocycles. The molecule has 0 bridgehead atoms. The smallest absolute Gasteiger partial charge is 0.328 e. The Hall–Kier alpha value is -3.49. The Morgan fingerprint density at radius 2 is 1.43 bits per heavy atom. The van der Waals surface area contributed by atoms with E-state index in [4.69, 9.17) is 16.3 Å². The molecule has 0 radical (unpaired) electrons. The number of halogens is 1. The fraction of sp³-hybridized carbons (Fsp3) is 0.219. The molecule has 8 heteroatoms. The van der Waals surface area contributed by atoms with Crippen LogP contribution in [0.5, 0.6) is 0 Å². The SMILES string of the molecule is CCOC(=O)C(Cc1ccccc1)(NCc1ccccc1)C(NS(=O)(=O)c1ccc(C)cc1)c1ccccc1Cl. The highest BCUT2D eigenvalue weighted by molar-refractivity contribution is 7.89. The molecule has 0 aliphatic carbocycles. The van der Waals surface area contributed by atoms with E-state index in [9.17, 15) is 13.2 Å². The summed E-state index contributed by atoms with van der Waals surface area (Å²) < 4.78 is 36.2. The van der Waals surface area contributed by atoms with Crippen molar-refractivity contribution in [3.05, 3.63) is 136 Å². The number of rotatable bonds is 12. The molecule has 0 aliphatic heterocycles. The summed E-state index contributed by atoms with van der Waals surface area (Å²) in [4.78, 5) is 14.2. The normalized spacial score (nSPS) is 13.8. The minimum atomic E-state index is -4.10. The average molecular weight is 577 g/mol. The van der Waals surface area contributed by atoms with Gasteiger partial charge in [0, 0.05) is 18.0 Å². The van der Waals surface area contributed by atoms with Crippen molar-refractivity contribution in [3.8, 4) is 0 Å². The second-order valence-electron chi connectivity index (χ2n) is 9.58. The van der Waals surface area contributed by atoms with Crippen molar-refractivity contribution in [1.29, 1.82) is 0 Å². The molecule has 4 aromatic carbocycles. The third kappa shape index (κ3) is 6.98. The standard InChI is InChI=1S/C32H33ClN2O4S/c1-3-39-31(36)32(22-25-12-6-4-7-13-25,34-23-26-14-8-5-9-15-26)30(28-16-10-11-17-29(28)33)35-40(37,38)27-20-18-24(2)19-21-27/h4-21,30,34-35H,3,22-23H2,1-2H3. The van der Waals surface area contributed by atoms with Gasteiger partial charge in [-0.2, -0.15) is 0 Å². The summed E-state index contributed by atoms with van der Waals surface area (Å²) in [5.41, 5.74) is 1.54. The van der Waals surface area contributed by atoms with E-state index in [0.717, 1.165) is 16.7 Å². The Kier molecular flexibility index (Phi) is 9.76. The van der Waals surface area contributed by atoms with E-state index in [-0.39, 0.29) is 24.5 Å². The molecule has 4 rings (SSSR count). The van der Waals surface area contributed by atoms with Gasteiger partial charge in [-0.15, -0.1) is 0 Å². The van der Waals surface area contributed by atoms with Gasteiger partial charge in [0.15, 0.2) is 0 Å². The first-order chi connectivity index (χ1) is 19.2. The number of carbonyl (C=O) groups is 1. The Morgan fingerprint density at radius 1 is 0.850 bits per heavy atom. The highest BCUT2D eigenvalue weighted by atomic mass is 35.5. The van der Waals surface area contributed by atoms with Crippen molar-refractivity contribution in [2.45, 2.75) is 43.3 Å². The molecular formula is C32H33ClN2O4S. The summed E-state index contributed by atoms with van der Waals surface area (Å²) in [6.45, 7) is 4.00. The summed E-state index contributed by atoms with van der Waals surface area (Å²) >= 11 is 6.71. The minimum absolute atomic E-state index is 0.0793. The van der Waals surface area contributed by atoms with Crippen LogP contribution in [-0.2, 0) is 32.5 Å². The van der Waals surface area contributed by atoms with Crippen molar-refractivity contribution in [2.75, 3.05) is 6.61 Å². The van der Waals surface area contributed by atoms with Gasteiger partial charge in [0.25, 0.3) is 0 Å². The van der Waals surface area contributed by atoms with Gasteiger partial charge in [-0.3, -0.25) is 5.32 Å². The first-order valence-corrected chi connectivity index (χ1v) is 14.9. The lowest BCUT2D eigenvalue weighted by molar-refractivity contribution is -0.152. The fourth-order valence-corrected chi connectivity index (χ4v) is 6.16. The second kappa shape index (κ2) is 13.2. The van der Waals surface area contributed by atoms with E-state index in [1.807, 2.05) is 67.6 Å². The molecule has 0 aliphatic rings. The van der Waals surface area contributed by atoms with Crippen LogP contribution in [0.25, 0.3) is 0 Å². The molecule has 2 atom stereocenters.